The molecule has 0 bridgehead atoms. The summed E-state index contributed by atoms with van der Waals surface area (Å²) >= 11 is 11.1. The monoisotopic (exact) mass is 275 g/mol. The number of hydrogen-bond donors (Lipinski definition) is 0. The zero-order chi connectivity index (χ0) is 11.3. The van der Waals surface area contributed by atoms with Crippen LogP contribution in [0.1, 0.15) is 0 Å². The van der Waals surface area contributed by atoms with Gasteiger partial charge >= 0.3 is 7.75 Å². The molecule has 1 rings (SSSR count). The molecule has 1 aliphatic rings. The van der Waals surface area contributed by atoms with Crippen LogP contribution in [0.2, 0.25) is 0 Å². The van der Waals surface area contributed by atoms with Crippen LogP contribution in [0, 0.1) is 0 Å². The fraction of sp³-hybridized carbons (Fsp3) is 0.857. The number of nitrogens with zero attached hydrogens (tertiary/aromatic N) is 1. The lowest BCUT2D eigenvalue weighted by atomic mass is 10.5. The first kappa shape index (κ1) is 13.4. The van der Waals surface area contributed by atoms with Gasteiger partial charge in [0.1, 0.15) is 13.2 Å². The second-order valence-corrected chi connectivity index (χ2v) is 5.66. The third kappa shape index (κ3) is 3.70. The summed E-state index contributed by atoms with van der Waals surface area (Å²) in [4.78, 5) is 10.8. The molecule has 0 saturated carbocycles. The molecular formula is C7H12Cl2NO4P. The summed E-state index contributed by atoms with van der Waals surface area (Å²) in [7, 11) is -3.35. The van der Waals surface area contributed by atoms with Crippen LogP contribution in [0.25, 0.3) is 0 Å². The van der Waals surface area contributed by atoms with Crippen LogP contribution in [0.5, 0.6) is 0 Å². The summed E-state index contributed by atoms with van der Waals surface area (Å²) in [6.07, 6.45) is 0. The van der Waals surface area contributed by atoms with E-state index in [9.17, 15) is 9.36 Å². The number of ketones is 1. The Balaban J connectivity index is 2.64. The minimum Gasteiger partial charge on any atom is -0.294 e. The van der Waals surface area contributed by atoms with Crippen LogP contribution in [-0.2, 0) is 18.4 Å². The van der Waals surface area contributed by atoms with Gasteiger partial charge in [0.2, 0.25) is 0 Å². The molecule has 0 unspecified atom stereocenters. The third-order valence-electron chi connectivity index (χ3n) is 1.81. The minimum absolute atomic E-state index is 0.182. The number of alkyl halides is 2. The molecule has 0 aliphatic carbocycles. The first-order chi connectivity index (χ1) is 7.12. The van der Waals surface area contributed by atoms with Crippen LogP contribution in [-0.4, -0.2) is 48.5 Å². The van der Waals surface area contributed by atoms with Crippen molar-refractivity contribution in [1.29, 1.82) is 0 Å². The molecule has 0 aromatic rings. The Labute approximate surface area is 98.2 Å². The Hall–Kier alpha value is 0.360. The fourth-order valence-electron chi connectivity index (χ4n) is 1.10. The van der Waals surface area contributed by atoms with E-state index in [0.29, 0.717) is 24.8 Å². The quantitative estimate of drug-likeness (QED) is 0.562. The average Bonchev–Trinajstić information content (AvgIpc) is 2.23. The highest BCUT2D eigenvalue weighted by Gasteiger charge is 2.37. The Bertz CT molecular complexity index is 256. The van der Waals surface area contributed by atoms with Crippen LogP contribution < -0.4 is 0 Å². The second kappa shape index (κ2) is 6.18. The SMILES string of the molecule is O=C1COP(=O)(N(CCCl)CCCl)OC1. The molecule has 88 valence electrons. The van der Waals surface area contributed by atoms with Gasteiger partial charge in [-0.1, -0.05) is 0 Å². The van der Waals surface area contributed by atoms with E-state index in [2.05, 4.69) is 0 Å². The molecule has 0 N–H and O–H groups in total. The molecular weight excluding hydrogens is 264 g/mol. The predicted octanol–water partition coefficient (Wildman–Crippen LogP) is 1.49. The molecule has 0 aromatic carbocycles. The lowest BCUT2D eigenvalue weighted by Crippen LogP contribution is -2.32. The summed E-state index contributed by atoms with van der Waals surface area (Å²) in [6.45, 7) is 0.330. The van der Waals surface area contributed by atoms with E-state index in [1.165, 1.54) is 4.67 Å². The van der Waals surface area contributed by atoms with Crippen molar-refractivity contribution in [3.63, 3.8) is 0 Å². The average molecular weight is 276 g/mol. The summed E-state index contributed by atoms with van der Waals surface area (Å²) in [6, 6.07) is 0. The molecule has 1 fully saturated rings. The molecule has 1 aliphatic heterocycles. The van der Waals surface area contributed by atoms with Crippen LogP contribution in [0.4, 0.5) is 0 Å². The van der Waals surface area contributed by atoms with Gasteiger partial charge in [0.25, 0.3) is 0 Å². The van der Waals surface area contributed by atoms with Gasteiger partial charge in [0.05, 0.1) is 0 Å². The molecule has 5 nitrogen and oxygen atoms in total. The van der Waals surface area contributed by atoms with Crippen LogP contribution in [0.15, 0.2) is 0 Å². The Morgan fingerprint density at radius 1 is 1.20 bits per heavy atom. The number of carbonyl (C=O) groups is 1. The van der Waals surface area contributed by atoms with Gasteiger partial charge in [-0.15, -0.1) is 23.2 Å². The second-order valence-electron chi connectivity index (χ2n) is 2.89. The Morgan fingerprint density at radius 2 is 1.67 bits per heavy atom. The van der Waals surface area contributed by atoms with E-state index in [1.54, 1.807) is 0 Å². The molecule has 1 saturated heterocycles. The van der Waals surface area contributed by atoms with Crippen molar-refractivity contribution in [3.8, 4) is 0 Å². The number of Topliss-reactive ketones (excluding diaryl/α,β-unsaturated/α-hetero) is 1. The maximum absolute atomic E-state index is 12.1. The molecule has 0 amide bonds. The van der Waals surface area contributed by atoms with E-state index in [-0.39, 0.29) is 19.0 Å². The van der Waals surface area contributed by atoms with Crippen molar-refractivity contribution in [2.75, 3.05) is 38.1 Å². The van der Waals surface area contributed by atoms with Crippen molar-refractivity contribution < 1.29 is 18.4 Å². The first-order valence-corrected chi connectivity index (χ1v) is 6.97. The first-order valence-electron chi connectivity index (χ1n) is 4.40. The zero-order valence-corrected chi connectivity index (χ0v) is 10.4. The molecule has 15 heavy (non-hydrogen) atoms. The third-order valence-corrected chi connectivity index (χ3v) is 4.15. The highest BCUT2D eigenvalue weighted by atomic mass is 35.5. The number of rotatable bonds is 5. The zero-order valence-electron chi connectivity index (χ0n) is 8.03. The highest BCUT2D eigenvalue weighted by Crippen LogP contribution is 2.53. The van der Waals surface area contributed by atoms with Crippen LogP contribution >= 0.6 is 30.9 Å². The van der Waals surface area contributed by atoms with Gasteiger partial charge in [-0.2, -0.15) is 0 Å². The number of halogens is 2. The standard InChI is InChI=1S/C7H12Cl2NO4P/c8-1-3-10(4-2-9)15(12)13-5-7(11)6-14-15/h1-6H2. The van der Waals surface area contributed by atoms with E-state index >= 15 is 0 Å². The molecule has 0 spiro atoms. The summed E-state index contributed by atoms with van der Waals surface area (Å²) < 4.78 is 23.4. The maximum atomic E-state index is 12.1. The minimum atomic E-state index is -3.35. The number of carbonyl (C=O) groups excluding carboxylic acids is 1. The van der Waals surface area contributed by atoms with E-state index in [0.717, 1.165) is 0 Å². The smallest absolute Gasteiger partial charge is 0.294 e. The van der Waals surface area contributed by atoms with Gasteiger partial charge < -0.3 is 0 Å². The lowest BCUT2D eigenvalue weighted by Gasteiger charge is -2.31. The van der Waals surface area contributed by atoms with Crippen molar-refractivity contribution in [2.45, 2.75) is 0 Å². The molecule has 0 radical (unpaired) electrons. The number of hydrogen-bond acceptors (Lipinski definition) is 4. The van der Waals surface area contributed by atoms with Crippen molar-refractivity contribution in [1.82, 2.24) is 4.67 Å². The summed E-state index contributed by atoms with van der Waals surface area (Å²) in [5.74, 6) is 0.362. The predicted molar refractivity (Wildman–Crippen MR) is 57.5 cm³/mol. The highest BCUT2D eigenvalue weighted by molar-refractivity contribution is 7.51. The molecule has 0 aromatic heterocycles. The summed E-state index contributed by atoms with van der Waals surface area (Å²) in [5, 5.41) is 0. The van der Waals surface area contributed by atoms with Crippen LogP contribution in [0.3, 0.4) is 0 Å². The Morgan fingerprint density at radius 3 is 2.07 bits per heavy atom. The summed E-state index contributed by atoms with van der Waals surface area (Å²) in [5.41, 5.74) is 0. The van der Waals surface area contributed by atoms with E-state index in [4.69, 9.17) is 32.2 Å². The largest absolute Gasteiger partial charge is 0.409 e. The van der Waals surface area contributed by atoms with E-state index < -0.39 is 7.75 Å². The van der Waals surface area contributed by atoms with Gasteiger partial charge in [-0.25, -0.2) is 9.24 Å². The maximum Gasteiger partial charge on any atom is 0.409 e. The van der Waals surface area contributed by atoms with Crippen molar-refractivity contribution in [2.24, 2.45) is 0 Å². The lowest BCUT2D eigenvalue weighted by molar-refractivity contribution is -0.126. The normalized spacial score (nSPS) is 20.9. The van der Waals surface area contributed by atoms with Gasteiger partial charge in [-0.05, 0) is 0 Å². The fourth-order valence-corrected chi connectivity index (χ4v) is 3.45. The van der Waals surface area contributed by atoms with Crippen molar-refractivity contribution >= 4 is 36.7 Å². The molecule has 1 heterocycles. The van der Waals surface area contributed by atoms with Crippen molar-refractivity contribution in [3.05, 3.63) is 0 Å². The Kier molecular flexibility index (Phi) is 5.53. The van der Waals surface area contributed by atoms with E-state index in [1.807, 2.05) is 0 Å². The molecule has 0 atom stereocenters. The topological polar surface area (TPSA) is 55.8 Å². The van der Waals surface area contributed by atoms with Gasteiger partial charge in [0, 0.05) is 24.8 Å². The molecule has 8 heteroatoms. The van der Waals surface area contributed by atoms with Gasteiger partial charge in [-0.3, -0.25) is 13.8 Å². The van der Waals surface area contributed by atoms with Gasteiger partial charge in [0.15, 0.2) is 5.78 Å².